The van der Waals surface area contributed by atoms with Crippen molar-refractivity contribution in [2.24, 2.45) is 0 Å². The Morgan fingerprint density at radius 3 is 2.48 bits per heavy atom. The lowest BCUT2D eigenvalue weighted by Crippen LogP contribution is -2.11. The SMILES string of the molecule is CC#Cc1c(C(=O)OC)cc([N+](=O)[O-])c(Cl)c1OC(C)=O. The number of nitrogens with zero attached hydrogens (tertiary/aromatic N) is 1. The molecule has 0 radical (unpaired) electrons. The number of hydrogen-bond acceptors (Lipinski definition) is 6. The van der Waals surface area contributed by atoms with Gasteiger partial charge in [0.05, 0.1) is 23.2 Å². The summed E-state index contributed by atoms with van der Waals surface area (Å²) in [5.41, 5.74) is -0.843. The molecule has 0 bridgehead atoms. The van der Waals surface area contributed by atoms with E-state index in [0.717, 1.165) is 20.1 Å². The van der Waals surface area contributed by atoms with E-state index in [-0.39, 0.29) is 16.9 Å². The molecule has 1 aromatic rings. The summed E-state index contributed by atoms with van der Waals surface area (Å²) >= 11 is 5.87. The van der Waals surface area contributed by atoms with Gasteiger partial charge in [-0.1, -0.05) is 17.5 Å². The number of carbonyl (C=O) groups excluding carboxylic acids is 2. The first kappa shape index (κ1) is 16.5. The summed E-state index contributed by atoms with van der Waals surface area (Å²) in [6.07, 6.45) is 0. The van der Waals surface area contributed by atoms with Gasteiger partial charge in [-0.2, -0.15) is 0 Å². The molecule has 0 aromatic heterocycles. The van der Waals surface area contributed by atoms with Gasteiger partial charge in [-0.05, 0) is 6.92 Å². The third-order valence-electron chi connectivity index (χ3n) is 2.30. The first-order valence-electron chi connectivity index (χ1n) is 5.53. The zero-order chi connectivity index (χ0) is 16.2. The number of halogens is 1. The molecule has 0 saturated carbocycles. The number of hydrogen-bond donors (Lipinski definition) is 0. The fourth-order valence-electron chi connectivity index (χ4n) is 1.51. The monoisotopic (exact) mass is 311 g/mol. The zero-order valence-electron chi connectivity index (χ0n) is 11.4. The molecule has 21 heavy (non-hydrogen) atoms. The summed E-state index contributed by atoms with van der Waals surface area (Å²) in [6, 6.07) is 0.931. The second-order valence-electron chi connectivity index (χ2n) is 3.68. The largest absolute Gasteiger partial charge is 0.465 e. The number of esters is 2. The second-order valence-corrected chi connectivity index (χ2v) is 4.06. The van der Waals surface area contributed by atoms with Crippen LogP contribution < -0.4 is 4.74 Å². The van der Waals surface area contributed by atoms with E-state index in [4.69, 9.17) is 16.3 Å². The summed E-state index contributed by atoms with van der Waals surface area (Å²) in [4.78, 5) is 33.1. The van der Waals surface area contributed by atoms with E-state index in [1.165, 1.54) is 6.92 Å². The van der Waals surface area contributed by atoms with E-state index in [2.05, 4.69) is 16.6 Å². The van der Waals surface area contributed by atoms with Crippen LogP contribution in [0.2, 0.25) is 5.02 Å². The molecule has 0 aliphatic carbocycles. The number of benzene rings is 1. The van der Waals surface area contributed by atoms with Gasteiger partial charge in [0.15, 0.2) is 10.8 Å². The predicted molar refractivity (Wildman–Crippen MR) is 73.3 cm³/mol. The summed E-state index contributed by atoms with van der Waals surface area (Å²) in [6.45, 7) is 2.57. The molecule has 0 heterocycles. The molecule has 0 atom stereocenters. The van der Waals surface area contributed by atoms with Gasteiger partial charge in [-0.25, -0.2) is 4.79 Å². The number of nitro groups is 1. The Labute approximate surface area is 124 Å². The Bertz CT molecular complexity index is 686. The van der Waals surface area contributed by atoms with Gasteiger partial charge in [0.1, 0.15) is 0 Å². The first-order chi connectivity index (χ1) is 9.83. The molecule has 0 aliphatic rings. The van der Waals surface area contributed by atoms with Crippen molar-refractivity contribution in [2.75, 3.05) is 7.11 Å². The van der Waals surface area contributed by atoms with Gasteiger partial charge in [0, 0.05) is 13.0 Å². The van der Waals surface area contributed by atoms with Crippen molar-refractivity contribution in [3.05, 3.63) is 32.3 Å². The van der Waals surface area contributed by atoms with Gasteiger partial charge in [0.25, 0.3) is 5.69 Å². The van der Waals surface area contributed by atoms with Crippen LogP contribution >= 0.6 is 11.6 Å². The highest BCUT2D eigenvalue weighted by atomic mass is 35.5. The average molecular weight is 312 g/mol. The fraction of sp³-hybridized carbons (Fsp3) is 0.231. The molecule has 1 rings (SSSR count). The number of methoxy groups -OCH3 is 1. The highest BCUT2D eigenvalue weighted by Gasteiger charge is 2.28. The van der Waals surface area contributed by atoms with E-state index < -0.39 is 27.6 Å². The van der Waals surface area contributed by atoms with Gasteiger partial charge in [0.2, 0.25) is 0 Å². The topological polar surface area (TPSA) is 95.7 Å². The van der Waals surface area contributed by atoms with E-state index in [0.29, 0.717) is 0 Å². The molecule has 0 N–H and O–H groups in total. The van der Waals surface area contributed by atoms with Crippen molar-refractivity contribution in [3.8, 4) is 17.6 Å². The summed E-state index contributed by atoms with van der Waals surface area (Å²) < 4.78 is 9.41. The molecule has 0 saturated heterocycles. The van der Waals surface area contributed by atoms with Crippen molar-refractivity contribution >= 4 is 29.2 Å². The van der Waals surface area contributed by atoms with Crippen molar-refractivity contribution in [2.45, 2.75) is 13.8 Å². The van der Waals surface area contributed by atoms with Crippen molar-refractivity contribution in [1.29, 1.82) is 0 Å². The van der Waals surface area contributed by atoms with Crippen LogP contribution in [0.3, 0.4) is 0 Å². The highest BCUT2D eigenvalue weighted by molar-refractivity contribution is 6.34. The van der Waals surface area contributed by atoms with E-state index in [9.17, 15) is 19.7 Å². The molecule has 0 unspecified atom stereocenters. The molecule has 0 aliphatic heterocycles. The molecule has 0 amide bonds. The quantitative estimate of drug-likeness (QED) is 0.279. The van der Waals surface area contributed by atoms with Crippen LogP contribution in [0.25, 0.3) is 0 Å². The number of nitro benzene ring substituents is 1. The molecule has 8 heteroatoms. The molecule has 1 aromatic carbocycles. The van der Waals surface area contributed by atoms with Crippen LogP contribution in [0, 0.1) is 22.0 Å². The van der Waals surface area contributed by atoms with Gasteiger partial charge in [-0.3, -0.25) is 14.9 Å². The maximum atomic E-state index is 11.7. The highest BCUT2D eigenvalue weighted by Crippen LogP contribution is 2.39. The Morgan fingerprint density at radius 2 is 2.05 bits per heavy atom. The standard InChI is InChI=1S/C13H10ClNO6/c1-4-5-8-9(13(17)20-3)6-10(15(18)19)11(14)12(8)21-7(2)16/h6H,1-3H3. The summed E-state index contributed by atoms with van der Waals surface area (Å²) in [5.74, 6) is 3.10. The Balaban J connectivity index is 3.80. The third kappa shape index (κ3) is 3.49. The maximum Gasteiger partial charge on any atom is 0.339 e. The second kappa shape index (κ2) is 6.72. The average Bonchev–Trinajstić information content (AvgIpc) is 2.41. The van der Waals surface area contributed by atoms with Crippen molar-refractivity contribution in [3.63, 3.8) is 0 Å². The minimum Gasteiger partial charge on any atom is -0.465 e. The van der Waals surface area contributed by atoms with E-state index in [1.54, 1.807) is 0 Å². The van der Waals surface area contributed by atoms with Crippen LogP contribution in [0.5, 0.6) is 5.75 Å². The minimum atomic E-state index is -0.860. The number of carbonyl (C=O) groups is 2. The normalized spacial score (nSPS) is 9.33. The van der Waals surface area contributed by atoms with Crippen LogP contribution in [-0.4, -0.2) is 24.0 Å². The summed E-state index contributed by atoms with van der Waals surface area (Å²) in [7, 11) is 1.11. The maximum absolute atomic E-state index is 11.7. The zero-order valence-corrected chi connectivity index (χ0v) is 12.1. The molecule has 0 fully saturated rings. The lowest BCUT2D eigenvalue weighted by atomic mass is 10.1. The molecule has 0 spiro atoms. The van der Waals surface area contributed by atoms with Crippen LogP contribution in [-0.2, 0) is 9.53 Å². The molecule has 7 nitrogen and oxygen atoms in total. The van der Waals surface area contributed by atoms with E-state index in [1.807, 2.05) is 0 Å². The van der Waals surface area contributed by atoms with Crippen LogP contribution in [0.1, 0.15) is 29.8 Å². The smallest absolute Gasteiger partial charge is 0.339 e. The van der Waals surface area contributed by atoms with Gasteiger partial charge >= 0.3 is 11.9 Å². The Kier molecular flexibility index (Phi) is 5.27. The van der Waals surface area contributed by atoms with Crippen LogP contribution in [0.4, 0.5) is 5.69 Å². The molecular formula is C13H10ClNO6. The lowest BCUT2D eigenvalue weighted by molar-refractivity contribution is -0.384. The number of ether oxygens (including phenoxy) is 2. The Morgan fingerprint density at radius 1 is 1.43 bits per heavy atom. The predicted octanol–water partition coefficient (Wildman–Crippen LogP) is 2.33. The van der Waals surface area contributed by atoms with Gasteiger partial charge in [-0.15, -0.1) is 5.92 Å². The number of rotatable bonds is 3. The third-order valence-corrected chi connectivity index (χ3v) is 2.66. The molecule has 110 valence electrons. The molecular weight excluding hydrogens is 302 g/mol. The first-order valence-corrected chi connectivity index (χ1v) is 5.91. The summed E-state index contributed by atoms with van der Waals surface area (Å²) in [5, 5.41) is 10.6. The van der Waals surface area contributed by atoms with Crippen molar-refractivity contribution < 1.29 is 24.0 Å². The Hall–Kier alpha value is -2.59. The van der Waals surface area contributed by atoms with E-state index >= 15 is 0 Å². The van der Waals surface area contributed by atoms with Crippen LogP contribution in [0.15, 0.2) is 6.07 Å². The minimum absolute atomic E-state index is 0.0462. The fourth-order valence-corrected chi connectivity index (χ4v) is 1.77. The van der Waals surface area contributed by atoms with Crippen molar-refractivity contribution in [1.82, 2.24) is 0 Å². The lowest BCUT2D eigenvalue weighted by Gasteiger charge is -2.11. The van der Waals surface area contributed by atoms with Gasteiger partial charge < -0.3 is 9.47 Å².